The number of aromatic nitrogens is 1. The Labute approximate surface area is 104 Å². The van der Waals surface area contributed by atoms with E-state index in [9.17, 15) is 0 Å². The van der Waals surface area contributed by atoms with Crippen LogP contribution in [0.1, 0.15) is 25.0 Å². The molecule has 94 valence electrons. The largest absolute Gasteiger partial charge is 0.314 e. The number of rotatable bonds is 8. The molecule has 3 nitrogen and oxygen atoms in total. The van der Waals surface area contributed by atoms with Gasteiger partial charge in [-0.05, 0) is 51.5 Å². The van der Waals surface area contributed by atoms with Crippen molar-refractivity contribution in [1.29, 1.82) is 0 Å². The number of hydrogen-bond donors (Lipinski definition) is 1. The molecule has 0 unspecified atom stereocenters. The summed E-state index contributed by atoms with van der Waals surface area (Å²) in [7, 11) is 2.19. The quantitative estimate of drug-likeness (QED) is 0.693. The van der Waals surface area contributed by atoms with Crippen molar-refractivity contribution in [2.24, 2.45) is 0 Å². The molecule has 3 heteroatoms. The van der Waals surface area contributed by atoms with Crippen LogP contribution in [0.2, 0.25) is 0 Å². The van der Waals surface area contributed by atoms with Crippen molar-refractivity contribution in [3.63, 3.8) is 0 Å². The van der Waals surface area contributed by atoms with E-state index >= 15 is 0 Å². The number of nitrogens with one attached hydrogen (secondary N) is 1. The van der Waals surface area contributed by atoms with Crippen LogP contribution in [0.3, 0.4) is 0 Å². The summed E-state index contributed by atoms with van der Waals surface area (Å²) in [6.45, 7) is 3.44. The lowest BCUT2D eigenvalue weighted by Gasteiger charge is -2.16. The third-order valence-electron chi connectivity index (χ3n) is 3.20. The maximum Gasteiger partial charge on any atom is 0.0416 e. The molecule has 0 bridgehead atoms. The van der Waals surface area contributed by atoms with Crippen molar-refractivity contribution >= 4 is 0 Å². The first-order valence-electron chi connectivity index (χ1n) is 6.66. The zero-order chi connectivity index (χ0) is 11.9. The predicted molar refractivity (Wildman–Crippen MR) is 71.1 cm³/mol. The maximum atomic E-state index is 4.34. The lowest BCUT2D eigenvalue weighted by molar-refractivity contribution is 0.329. The second-order valence-corrected chi connectivity index (χ2v) is 4.96. The summed E-state index contributed by atoms with van der Waals surface area (Å²) in [6, 6.07) is 6.97. The van der Waals surface area contributed by atoms with Gasteiger partial charge >= 0.3 is 0 Å². The molecule has 1 aromatic rings. The molecular formula is C14H23N3. The monoisotopic (exact) mass is 233 g/mol. The smallest absolute Gasteiger partial charge is 0.0416 e. The minimum atomic E-state index is 0.842. The average Bonchev–Trinajstić information content (AvgIpc) is 3.17. The second kappa shape index (κ2) is 6.72. The van der Waals surface area contributed by atoms with Crippen LogP contribution in [0.25, 0.3) is 0 Å². The highest BCUT2D eigenvalue weighted by Gasteiger charge is 2.19. The standard InChI is InChI=1S/C14H23N3/c1-17(11-4-10-16-14-6-7-14)12-8-13-5-2-3-9-15-13/h2-3,5,9,14,16H,4,6-8,10-12H2,1H3. The van der Waals surface area contributed by atoms with Gasteiger partial charge in [0.05, 0.1) is 0 Å². The number of likely N-dealkylation sites (N-methyl/N-ethyl adjacent to an activating group) is 1. The van der Waals surface area contributed by atoms with E-state index in [0.29, 0.717) is 0 Å². The molecule has 1 saturated carbocycles. The Morgan fingerprint density at radius 1 is 1.35 bits per heavy atom. The van der Waals surface area contributed by atoms with Crippen LogP contribution in [-0.2, 0) is 6.42 Å². The second-order valence-electron chi connectivity index (χ2n) is 4.96. The highest BCUT2D eigenvalue weighted by molar-refractivity contribution is 5.03. The fraction of sp³-hybridized carbons (Fsp3) is 0.643. The van der Waals surface area contributed by atoms with E-state index in [-0.39, 0.29) is 0 Å². The molecule has 1 aromatic heterocycles. The Morgan fingerprint density at radius 2 is 2.24 bits per heavy atom. The molecule has 0 aliphatic heterocycles. The van der Waals surface area contributed by atoms with Crippen LogP contribution in [0.4, 0.5) is 0 Å². The third kappa shape index (κ3) is 5.29. The SMILES string of the molecule is CN(CCCNC1CC1)CCc1ccccn1. The molecule has 2 rings (SSSR count). The molecule has 0 spiro atoms. The van der Waals surface area contributed by atoms with E-state index in [0.717, 1.165) is 19.0 Å². The van der Waals surface area contributed by atoms with Gasteiger partial charge in [-0.3, -0.25) is 4.98 Å². The Bertz CT molecular complexity index is 309. The van der Waals surface area contributed by atoms with Gasteiger partial charge in [0.2, 0.25) is 0 Å². The fourth-order valence-electron chi connectivity index (χ4n) is 1.91. The van der Waals surface area contributed by atoms with Crippen molar-refractivity contribution in [2.45, 2.75) is 31.7 Å². The molecule has 1 N–H and O–H groups in total. The van der Waals surface area contributed by atoms with Crippen molar-refractivity contribution in [1.82, 2.24) is 15.2 Å². The number of nitrogens with zero attached hydrogens (tertiary/aromatic N) is 2. The van der Waals surface area contributed by atoms with Gasteiger partial charge in [-0.1, -0.05) is 6.07 Å². The van der Waals surface area contributed by atoms with Gasteiger partial charge in [0.1, 0.15) is 0 Å². The van der Waals surface area contributed by atoms with E-state index in [1.54, 1.807) is 0 Å². The van der Waals surface area contributed by atoms with Crippen LogP contribution in [0, 0.1) is 0 Å². The van der Waals surface area contributed by atoms with Gasteiger partial charge in [0.25, 0.3) is 0 Å². The lowest BCUT2D eigenvalue weighted by atomic mass is 10.2. The average molecular weight is 233 g/mol. The van der Waals surface area contributed by atoms with Crippen molar-refractivity contribution < 1.29 is 0 Å². The summed E-state index contributed by atoms with van der Waals surface area (Å²) >= 11 is 0. The summed E-state index contributed by atoms with van der Waals surface area (Å²) in [5.74, 6) is 0. The topological polar surface area (TPSA) is 28.2 Å². The molecule has 1 aliphatic carbocycles. The van der Waals surface area contributed by atoms with Gasteiger partial charge < -0.3 is 10.2 Å². The minimum absolute atomic E-state index is 0.842. The molecule has 1 heterocycles. The van der Waals surface area contributed by atoms with E-state index in [2.05, 4.69) is 34.4 Å². The van der Waals surface area contributed by atoms with Crippen LogP contribution in [0.5, 0.6) is 0 Å². The predicted octanol–water partition coefficient (Wildman–Crippen LogP) is 1.70. The van der Waals surface area contributed by atoms with Gasteiger partial charge in [0.15, 0.2) is 0 Å². The van der Waals surface area contributed by atoms with E-state index in [1.807, 2.05) is 12.3 Å². The summed E-state index contributed by atoms with van der Waals surface area (Å²) in [5.41, 5.74) is 1.19. The Balaban J connectivity index is 1.52. The molecule has 0 saturated heterocycles. The van der Waals surface area contributed by atoms with Crippen molar-refractivity contribution in [2.75, 3.05) is 26.7 Å². The highest BCUT2D eigenvalue weighted by atomic mass is 15.1. The fourth-order valence-corrected chi connectivity index (χ4v) is 1.91. The molecule has 0 radical (unpaired) electrons. The third-order valence-corrected chi connectivity index (χ3v) is 3.20. The maximum absolute atomic E-state index is 4.34. The van der Waals surface area contributed by atoms with Gasteiger partial charge in [-0.15, -0.1) is 0 Å². The first-order valence-corrected chi connectivity index (χ1v) is 6.66. The molecule has 1 aliphatic rings. The van der Waals surface area contributed by atoms with Crippen LogP contribution < -0.4 is 5.32 Å². The van der Waals surface area contributed by atoms with Crippen LogP contribution in [-0.4, -0.2) is 42.6 Å². The van der Waals surface area contributed by atoms with Gasteiger partial charge in [-0.2, -0.15) is 0 Å². The molecular weight excluding hydrogens is 210 g/mol. The first kappa shape index (κ1) is 12.5. The summed E-state index contributed by atoms with van der Waals surface area (Å²) in [6.07, 6.45) is 6.93. The Hall–Kier alpha value is -0.930. The summed E-state index contributed by atoms with van der Waals surface area (Å²) in [5, 5.41) is 3.55. The van der Waals surface area contributed by atoms with E-state index in [4.69, 9.17) is 0 Å². The van der Waals surface area contributed by atoms with Crippen molar-refractivity contribution in [3.05, 3.63) is 30.1 Å². The summed E-state index contributed by atoms with van der Waals surface area (Å²) < 4.78 is 0. The normalized spacial score (nSPS) is 15.4. The molecule has 0 atom stereocenters. The molecule has 0 amide bonds. The number of hydrogen-bond acceptors (Lipinski definition) is 3. The van der Waals surface area contributed by atoms with Crippen LogP contribution in [0.15, 0.2) is 24.4 Å². The number of pyridine rings is 1. The van der Waals surface area contributed by atoms with Gasteiger partial charge in [-0.25, -0.2) is 0 Å². The minimum Gasteiger partial charge on any atom is -0.314 e. The Morgan fingerprint density at radius 3 is 2.94 bits per heavy atom. The van der Waals surface area contributed by atoms with Gasteiger partial charge in [0, 0.05) is 30.9 Å². The van der Waals surface area contributed by atoms with Crippen molar-refractivity contribution in [3.8, 4) is 0 Å². The molecule has 17 heavy (non-hydrogen) atoms. The van der Waals surface area contributed by atoms with Crippen LogP contribution >= 0.6 is 0 Å². The molecule has 0 aromatic carbocycles. The lowest BCUT2D eigenvalue weighted by Crippen LogP contribution is -2.26. The molecule has 1 fully saturated rings. The zero-order valence-corrected chi connectivity index (χ0v) is 10.7. The highest BCUT2D eigenvalue weighted by Crippen LogP contribution is 2.18. The summed E-state index contributed by atoms with van der Waals surface area (Å²) in [4.78, 5) is 6.73. The first-order chi connectivity index (χ1) is 8.34. The Kier molecular flexibility index (Phi) is 4.95. The van der Waals surface area contributed by atoms with E-state index < -0.39 is 0 Å². The van der Waals surface area contributed by atoms with E-state index in [1.165, 1.54) is 38.0 Å². The zero-order valence-electron chi connectivity index (χ0n) is 10.7.